The third-order valence-corrected chi connectivity index (χ3v) is 4.51. The fourth-order valence-corrected chi connectivity index (χ4v) is 2.94. The molecule has 4 rings (SSSR count). The van der Waals surface area contributed by atoms with Crippen LogP contribution in [0.1, 0.15) is 16.1 Å². The summed E-state index contributed by atoms with van der Waals surface area (Å²) in [6.07, 6.45) is 1.38. The second kappa shape index (κ2) is 9.05. The van der Waals surface area contributed by atoms with Gasteiger partial charge < -0.3 is 20.3 Å². The van der Waals surface area contributed by atoms with Crippen LogP contribution in [0.15, 0.2) is 52.2 Å². The third-order valence-electron chi connectivity index (χ3n) is 4.51. The lowest BCUT2D eigenvalue weighted by atomic mass is 10.1. The van der Waals surface area contributed by atoms with E-state index in [9.17, 15) is 9.90 Å². The average Bonchev–Trinajstić information content (AvgIpc) is 3.46. The Kier molecular flexibility index (Phi) is 5.84. The number of aromatic nitrogens is 5. The second-order valence-corrected chi connectivity index (χ2v) is 6.53. The fourth-order valence-electron chi connectivity index (χ4n) is 2.94. The number of phenolic OH excluding ortho intramolecular Hbond substituents is 1. The number of nitrogens with zero attached hydrogens (tertiary/aromatic N) is 6. The molecule has 2 aromatic heterocycles. The van der Waals surface area contributed by atoms with Crippen molar-refractivity contribution in [1.29, 1.82) is 0 Å². The van der Waals surface area contributed by atoms with Gasteiger partial charge in [-0.25, -0.2) is 10.1 Å². The number of carbonyl (C=O) groups excluding carboxylic acids is 1. The molecule has 168 valence electrons. The van der Waals surface area contributed by atoms with Crippen LogP contribution in [0, 0.1) is 0 Å². The molecule has 0 bridgehead atoms. The van der Waals surface area contributed by atoms with Gasteiger partial charge >= 0.3 is 0 Å². The molecule has 0 unspecified atom stereocenters. The van der Waals surface area contributed by atoms with E-state index < -0.39 is 5.91 Å². The van der Waals surface area contributed by atoms with Crippen molar-refractivity contribution in [3.8, 4) is 34.3 Å². The van der Waals surface area contributed by atoms with Crippen molar-refractivity contribution < 1.29 is 24.0 Å². The van der Waals surface area contributed by atoms with Crippen LogP contribution in [0.2, 0.25) is 0 Å². The Labute approximate surface area is 186 Å². The van der Waals surface area contributed by atoms with Gasteiger partial charge in [-0.3, -0.25) is 4.79 Å². The van der Waals surface area contributed by atoms with Crippen molar-refractivity contribution in [1.82, 2.24) is 30.7 Å². The Morgan fingerprint density at radius 2 is 2.06 bits per heavy atom. The Hall–Kier alpha value is -4.94. The molecule has 33 heavy (non-hydrogen) atoms. The number of amides is 1. The first-order valence-electron chi connectivity index (χ1n) is 9.40. The summed E-state index contributed by atoms with van der Waals surface area (Å²) in [6, 6.07) is 11.5. The van der Waals surface area contributed by atoms with Gasteiger partial charge in [-0.2, -0.15) is 9.78 Å². The summed E-state index contributed by atoms with van der Waals surface area (Å²) >= 11 is 0. The van der Waals surface area contributed by atoms with Crippen molar-refractivity contribution in [2.24, 2.45) is 5.10 Å². The second-order valence-electron chi connectivity index (χ2n) is 6.53. The van der Waals surface area contributed by atoms with Gasteiger partial charge in [0.05, 0.1) is 20.4 Å². The number of nitrogens with one attached hydrogen (secondary N) is 1. The number of hydrazone groups is 1. The van der Waals surface area contributed by atoms with Gasteiger partial charge in [0, 0.05) is 5.56 Å². The maximum Gasteiger partial charge on any atom is 0.294 e. The van der Waals surface area contributed by atoms with Gasteiger partial charge in [0.2, 0.25) is 11.6 Å². The number of anilines is 1. The van der Waals surface area contributed by atoms with E-state index in [0.717, 1.165) is 0 Å². The molecule has 0 saturated carbocycles. The molecular weight excluding hydrogens is 432 g/mol. The van der Waals surface area contributed by atoms with Crippen molar-refractivity contribution in [3.63, 3.8) is 0 Å². The number of hydrogen-bond acceptors (Lipinski definition) is 11. The van der Waals surface area contributed by atoms with Gasteiger partial charge in [-0.05, 0) is 46.2 Å². The van der Waals surface area contributed by atoms with E-state index >= 15 is 0 Å². The quantitative estimate of drug-likeness (QED) is 0.275. The molecule has 13 heteroatoms. The number of ether oxygens (including phenoxy) is 2. The summed E-state index contributed by atoms with van der Waals surface area (Å²) in [6.45, 7) is 0. The van der Waals surface area contributed by atoms with Crippen molar-refractivity contribution in [3.05, 3.63) is 53.7 Å². The molecule has 4 N–H and O–H groups in total. The number of benzene rings is 2. The minimum absolute atomic E-state index is 0.0140. The van der Waals surface area contributed by atoms with Gasteiger partial charge in [0.25, 0.3) is 5.91 Å². The lowest BCUT2D eigenvalue weighted by molar-refractivity contribution is 0.0950. The normalized spacial score (nSPS) is 11.0. The lowest BCUT2D eigenvalue weighted by Crippen LogP contribution is -2.19. The van der Waals surface area contributed by atoms with Crippen LogP contribution in [-0.2, 0) is 0 Å². The highest BCUT2D eigenvalue weighted by Gasteiger charge is 2.25. The summed E-state index contributed by atoms with van der Waals surface area (Å²) in [4.78, 5) is 12.9. The molecule has 13 nitrogen and oxygen atoms in total. The molecule has 2 aromatic carbocycles. The number of nitrogen functional groups attached to an aromatic ring is 1. The minimum atomic E-state index is -0.643. The molecule has 0 spiro atoms. The molecule has 0 fully saturated rings. The highest BCUT2D eigenvalue weighted by Crippen LogP contribution is 2.29. The molecule has 0 aliphatic rings. The number of carbonyl (C=O) groups is 1. The zero-order valence-electron chi connectivity index (χ0n) is 17.5. The molecule has 0 aliphatic heterocycles. The number of nitrogens with two attached hydrogens (primary N) is 1. The zero-order chi connectivity index (χ0) is 23.4. The predicted molar refractivity (Wildman–Crippen MR) is 115 cm³/mol. The van der Waals surface area contributed by atoms with Crippen LogP contribution < -0.4 is 20.6 Å². The lowest BCUT2D eigenvalue weighted by Gasteiger charge is -2.07. The molecule has 4 aromatic rings. The van der Waals surface area contributed by atoms with E-state index in [4.69, 9.17) is 15.2 Å². The summed E-state index contributed by atoms with van der Waals surface area (Å²) < 4.78 is 16.2. The summed E-state index contributed by atoms with van der Waals surface area (Å²) in [5.74, 6) is 0.204. The van der Waals surface area contributed by atoms with E-state index in [1.54, 1.807) is 36.4 Å². The first kappa shape index (κ1) is 21.3. The predicted octanol–water partition coefficient (Wildman–Crippen LogP) is 1.39. The third kappa shape index (κ3) is 4.27. The summed E-state index contributed by atoms with van der Waals surface area (Å²) in [5.41, 5.74) is 9.57. The standard InChI is InChI=1S/C20H18N8O5/c1-31-13-5-3-4-12(9-13)17-16(23-27-28(17)19-18(21)25-33-26-19)20(30)24-22-10-11-6-7-14(29)15(8-11)32-2/h3-10,29H,1-2H3,(H2,21,25)(H,24,30)/b22-10+. The van der Waals surface area contributed by atoms with Crippen LogP contribution in [0.3, 0.4) is 0 Å². The molecule has 0 atom stereocenters. The molecular formula is C20H18N8O5. The van der Waals surface area contributed by atoms with Crippen molar-refractivity contribution >= 4 is 17.9 Å². The maximum atomic E-state index is 12.9. The van der Waals surface area contributed by atoms with Gasteiger partial charge in [0.15, 0.2) is 17.2 Å². The molecule has 2 heterocycles. The highest BCUT2D eigenvalue weighted by atomic mass is 16.6. The van der Waals surface area contributed by atoms with Gasteiger partial charge in [-0.1, -0.05) is 17.3 Å². The Balaban J connectivity index is 1.68. The van der Waals surface area contributed by atoms with Crippen LogP contribution in [0.4, 0.5) is 5.82 Å². The largest absolute Gasteiger partial charge is 0.504 e. The number of aromatic hydroxyl groups is 1. The Bertz CT molecular complexity index is 1330. The highest BCUT2D eigenvalue weighted by molar-refractivity contribution is 5.99. The van der Waals surface area contributed by atoms with Crippen molar-refractivity contribution in [2.45, 2.75) is 0 Å². The van der Waals surface area contributed by atoms with E-state index in [-0.39, 0.29) is 34.5 Å². The SMILES string of the molecule is COc1cccc(-c2c(C(=O)N/N=C/c3ccc(O)c(OC)c3)nnn2-c2nonc2N)c1. The zero-order valence-corrected chi connectivity index (χ0v) is 17.5. The Morgan fingerprint density at radius 3 is 2.79 bits per heavy atom. The van der Waals surface area contributed by atoms with E-state index in [1.165, 1.54) is 31.2 Å². The van der Waals surface area contributed by atoms with E-state index in [0.29, 0.717) is 16.9 Å². The van der Waals surface area contributed by atoms with Crippen LogP contribution in [0.5, 0.6) is 17.2 Å². The number of hydrogen-bond donors (Lipinski definition) is 3. The number of methoxy groups -OCH3 is 2. The Morgan fingerprint density at radius 1 is 1.21 bits per heavy atom. The minimum Gasteiger partial charge on any atom is -0.504 e. The molecule has 1 amide bonds. The average molecular weight is 450 g/mol. The first-order chi connectivity index (χ1) is 16.0. The topological polar surface area (TPSA) is 176 Å². The monoisotopic (exact) mass is 450 g/mol. The van der Waals surface area contributed by atoms with Crippen LogP contribution in [-0.4, -0.2) is 56.8 Å². The van der Waals surface area contributed by atoms with E-state index in [2.05, 4.69) is 35.8 Å². The van der Waals surface area contributed by atoms with Crippen molar-refractivity contribution in [2.75, 3.05) is 20.0 Å². The summed E-state index contributed by atoms with van der Waals surface area (Å²) in [5, 5.41) is 28.9. The van der Waals surface area contributed by atoms with Gasteiger partial charge in [0.1, 0.15) is 11.4 Å². The smallest absolute Gasteiger partial charge is 0.294 e. The van der Waals surface area contributed by atoms with Gasteiger partial charge in [-0.15, -0.1) is 5.10 Å². The van der Waals surface area contributed by atoms with Crippen LogP contribution in [0.25, 0.3) is 17.1 Å². The number of rotatable bonds is 7. The molecule has 0 radical (unpaired) electrons. The maximum absolute atomic E-state index is 12.9. The van der Waals surface area contributed by atoms with E-state index in [1.807, 2.05) is 0 Å². The fraction of sp³-hybridized carbons (Fsp3) is 0.100. The molecule has 0 saturated heterocycles. The van der Waals surface area contributed by atoms with Crippen LogP contribution >= 0.6 is 0 Å². The molecule has 0 aliphatic carbocycles. The summed E-state index contributed by atoms with van der Waals surface area (Å²) in [7, 11) is 2.95. The first-order valence-corrected chi connectivity index (χ1v) is 9.40. The number of phenols is 1.